The number of ketones is 1. The Morgan fingerprint density at radius 2 is 1.78 bits per heavy atom. The minimum Gasteiger partial charge on any atom is -0.423 e. The lowest BCUT2D eigenvalue weighted by atomic mass is 9.42. The maximum absolute atomic E-state index is 13.5. The predicted octanol–water partition coefficient (Wildman–Crippen LogP) is 2.15. The van der Waals surface area contributed by atoms with Crippen LogP contribution in [0.25, 0.3) is 0 Å². The highest BCUT2D eigenvalue weighted by molar-refractivity contribution is 5.97. The number of carbonyl (C=O) groups is 2. The maximum atomic E-state index is 13.5. The van der Waals surface area contributed by atoms with Crippen LogP contribution in [-0.4, -0.2) is 62.1 Å². The van der Waals surface area contributed by atoms with Gasteiger partial charge in [-0.05, 0) is 70.3 Å². The molecule has 7 aliphatic rings. The van der Waals surface area contributed by atoms with Crippen LogP contribution in [-0.2, 0) is 23.8 Å². The van der Waals surface area contributed by atoms with Gasteiger partial charge in [-0.3, -0.25) is 4.79 Å². The van der Waals surface area contributed by atoms with Crippen LogP contribution in [0.1, 0.15) is 66.7 Å². The number of allylic oxidation sites excluding steroid dienone is 1. The van der Waals surface area contributed by atoms with Crippen LogP contribution >= 0.6 is 0 Å². The van der Waals surface area contributed by atoms with Crippen molar-refractivity contribution in [2.75, 3.05) is 0 Å². The van der Waals surface area contributed by atoms with E-state index < -0.39 is 51.6 Å². The molecule has 3 aliphatic heterocycles. The van der Waals surface area contributed by atoms with Gasteiger partial charge in [0.1, 0.15) is 11.7 Å². The van der Waals surface area contributed by atoms with Crippen molar-refractivity contribution < 1.29 is 39.1 Å². The van der Waals surface area contributed by atoms with Gasteiger partial charge in [0.2, 0.25) is 0 Å². The molecule has 12 atom stereocenters. The second-order valence-corrected chi connectivity index (χ2v) is 13.1. The summed E-state index contributed by atoms with van der Waals surface area (Å²) >= 11 is 0. The second kappa shape index (κ2) is 6.34. The Balaban J connectivity index is 1.37. The lowest BCUT2D eigenvalue weighted by molar-refractivity contribution is -0.433. The van der Waals surface area contributed by atoms with E-state index in [2.05, 4.69) is 0 Å². The molecule has 7 rings (SSSR count). The summed E-state index contributed by atoms with van der Waals surface area (Å²) in [6.07, 6.45) is 5.09. The molecule has 4 aliphatic carbocycles. The summed E-state index contributed by atoms with van der Waals surface area (Å²) in [5.74, 6) is -5.39. The Morgan fingerprint density at radius 3 is 2.44 bits per heavy atom. The molecule has 0 radical (unpaired) electrons. The van der Waals surface area contributed by atoms with Crippen LogP contribution in [0, 0.1) is 34.5 Å². The van der Waals surface area contributed by atoms with Gasteiger partial charge >= 0.3 is 5.97 Å². The van der Waals surface area contributed by atoms with Crippen LogP contribution in [0.2, 0.25) is 0 Å². The minimum absolute atomic E-state index is 0.00481. The lowest BCUT2D eigenvalue weighted by Gasteiger charge is -2.68. The molecule has 12 unspecified atom stereocenters. The van der Waals surface area contributed by atoms with Crippen molar-refractivity contribution in [3.05, 3.63) is 23.3 Å². The third-order valence-corrected chi connectivity index (χ3v) is 12.5. The van der Waals surface area contributed by atoms with Gasteiger partial charge in [0.15, 0.2) is 11.6 Å². The van der Waals surface area contributed by atoms with Gasteiger partial charge in [0, 0.05) is 23.5 Å². The monoisotopic (exact) mass is 500 g/mol. The molecule has 8 nitrogen and oxygen atoms in total. The molecule has 3 saturated carbocycles. The Bertz CT molecular complexity index is 1180. The quantitative estimate of drug-likeness (QED) is 0.369. The average Bonchev–Trinajstić information content (AvgIpc) is 3.40. The molecule has 36 heavy (non-hydrogen) atoms. The molecular weight excluding hydrogens is 464 g/mol. The van der Waals surface area contributed by atoms with E-state index in [9.17, 15) is 24.9 Å². The summed E-state index contributed by atoms with van der Waals surface area (Å²) in [6.45, 7) is 8.91. The van der Waals surface area contributed by atoms with Crippen molar-refractivity contribution in [3.63, 3.8) is 0 Å². The number of epoxide rings is 1. The summed E-state index contributed by atoms with van der Waals surface area (Å²) in [7, 11) is 0. The molecule has 0 amide bonds. The molecule has 0 bridgehead atoms. The molecule has 196 valence electrons. The molecule has 3 heterocycles. The van der Waals surface area contributed by atoms with Gasteiger partial charge in [0.05, 0.1) is 22.5 Å². The molecule has 0 aromatic rings. The molecule has 3 N–H and O–H groups in total. The standard InChI is InChI=1S/C28H36O8/c1-13-14(2)28(33,36-22(13)30)21-15(3)25(31)10-8-17-16-11-20-26(34-20)9-6-7-19(29)23(26,4)18(16)12-27(32,35-21)24(17,25)5/h6-7,15-18,20-21,31-33H,8-12H2,1-5H3. The van der Waals surface area contributed by atoms with E-state index in [0.717, 1.165) is 6.42 Å². The lowest BCUT2D eigenvalue weighted by Crippen LogP contribution is -2.77. The highest BCUT2D eigenvalue weighted by Crippen LogP contribution is 2.77. The highest BCUT2D eigenvalue weighted by atomic mass is 16.7. The van der Waals surface area contributed by atoms with E-state index in [0.29, 0.717) is 30.4 Å². The van der Waals surface area contributed by atoms with Crippen molar-refractivity contribution in [2.45, 2.75) is 102 Å². The molecule has 8 heteroatoms. The van der Waals surface area contributed by atoms with E-state index >= 15 is 0 Å². The molecule has 2 saturated heterocycles. The Labute approximate surface area is 210 Å². The molecule has 0 aromatic heterocycles. The van der Waals surface area contributed by atoms with E-state index in [4.69, 9.17) is 14.2 Å². The number of ether oxygens (including phenoxy) is 3. The van der Waals surface area contributed by atoms with E-state index in [1.165, 1.54) is 0 Å². The first-order valence-corrected chi connectivity index (χ1v) is 13.4. The Hall–Kier alpha value is -1.58. The highest BCUT2D eigenvalue weighted by Gasteiger charge is 2.84. The normalized spacial score (nSPS) is 60.8. The third kappa shape index (κ3) is 2.14. The van der Waals surface area contributed by atoms with Gasteiger partial charge in [-0.1, -0.05) is 19.9 Å². The van der Waals surface area contributed by atoms with Crippen molar-refractivity contribution in [3.8, 4) is 0 Å². The third-order valence-electron chi connectivity index (χ3n) is 12.5. The molecular formula is C28H36O8. The van der Waals surface area contributed by atoms with Gasteiger partial charge in [0.25, 0.3) is 5.79 Å². The molecule has 1 spiro atoms. The van der Waals surface area contributed by atoms with Crippen molar-refractivity contribution in [2.24, 2.45) is 34.5 Å². The van der Waals surface area contributed by atoms with Crippen molar-refractivity contribution in [1.82, 2.24) is 0 Å². The van der Waals surface area contributed by atoms with E-state index in [1.54, 1.807) is 19.9 Å². The van der Waals surface area contributed by atoms with Crippen molar-refractivity contribution in [1.29, 1.82) is 0 Å². The first-order valence-electron chi connectivity index (χ1n) is 13.4. The smallest absolute Gasteiger partial charge is 0.336 e. The van der Waals surface area contributed by atoms with Crippen LogP contribution in [0.5, 0.6) is 0 Å². The number of aliphatic hydroxyl groups is 3. The first kappa shape index (κ1) is 23.5. The van der Waals surface area contributed by atoms with E-state index in [-0.39, 0.29) is 36.1 Å². The van der Waals surface area contributed by atoms with Crippen LogP contribution in [0.3, 0.4) is 0 Å². The zero-order valence-electron chi connectivity index (χ0n) is 21.5. The van der Waals surface area contributed by atoms with Crippen LogP contribution in [0.15, 0.2) is 23.3 Å². The first-order chi connectivity index (χ1) is 16.7. The SMILES string of the molecule is CC1=C(C)C(O)(C2OC3(O)CC4C(CC5OC56CC=CC(=O)C46C)C4CCC(O)(C2C)C43C)OC1=O. The van der Waals surface area contributed by atoms with Crippen LogP contribution in [0.4, 0.5) is 0 Å². The fraction of sp³-hybridized carbons (Fsp3) is 0.786. The summed E-state index contributed by atoms with van der Waals surface area (Å²) in [5.41, 5.74) is -3.12. The van der Waals surface area contributed by atoms with Gasteiger partial charge in [-0.2, -0.15) is 0 Å². The topological polar surface area (TPSA) is 126 Å². The summed E-state index contributed by atoms with van der Waals surface area (Å²) in [4.78, 5) is 25.9. The number of carbonyl (C=O) groups excluding carboxylic acids is 2. The molecule has 5 fully saturated rings. The van der Waals surface area contributed by atoms with Gasteiger partial charge in [-0.25, -0.2) is 4.79 Å². The number of hydrogen-bond donors (Lipinski definition) is 3. The predicted molar refractivity (Wildman–Crippen MR) is 125 cm³/mol. The Morgan fingerprint density at radius 1 is 1.06 bits per heavy atom. The number of cyclic esters (lactones) is 1. The fourth-order valence-corrected chi connectivity index (χ4v) is 10.0. The fourth-order valence-electron chi connectivity index (χ4n) is 10.0. The average molecular weight is 501 g/mol. The number of rotatable bonds is 1. The largest absolute Gasteiger partial charge is 0.423 e. The molecule has 0 aromatic carbocycles. The summed E-state index contributed by atoms with van der Waals surface area (Å²) < 4.78 is 18.3. The van der Waals surface area contributed by atoms with Crippen molar-refractivity contribution >= 4 is 11.8 Å². The van der Waals surface area contributed by atoms with E-state index in [1.807, 2.05) is 26.8 Å². The van der Waals surface area contributed by atoms with Gasteiger partial charge in [-0.15, -0.1) is 0 Å². The summed E-state index contributed by atoms with van der Waals surface area (Å²) in [5, 5.41) is 36.5. The number of fused-ring (bicyclic) bond motifs is 3. The maximum Gasteiger partial charge on any atom is 0.336 e. The van der Waals surface area contributed by atoms with Gasteiger partial charge < -0.3 is 29.5 Å². The minimum atomic E-state index is -2.09. The zero-order chi connectivity index (χ0) is 25.8. The number of esters is 1. The summed E-state index contributed by atoms with van der Waals surface area (Å²) in [6, 6.07) is 0. The Kier molecular flexibility index (Phi) is 4.15. The number of hydrogen-bond acceptors (Lipinski definition) is 8. The van der Waals surface area contributed by atoms with Crippen LogP contribution < -0.4 is 0 Å². The zero-order valence-corrected chi connectivity index (χ0v) is 21.5. The second-order valence-electron chi connectivity index (χ2n) is 13.1.